The van der Waals surface area contributed by atoms with Gasteiger partial charge in [-0.15, -0.1) is 0 Å². The van der Waals surface area contributed by atoms with E-state index < -0.39 is 0 Å². The van der Waals surface area contributed by atoms with Gasteiger partial charge in [-0.3, -0.25) is 4.79 Å². The Labute approximate surface area is 104 Å². The number of nitrogens with zero attached hydrogens (tertiary/aromatic N) is 1. The molecule has 0 amide bonds. The van der Waals surface area contributed by atoms with Crippen molar-refractivity contribution < 1.29 is 4.79 Å². The van der Waals surface area contributed by atoms with Crippen molar-refractivity contribution in [1.29, 1.82) is 0 Å². The molecule has 94 valence electrons. The van der Waals surface area contributed by atoms with Crippen LogP contribution in [0.3, 0.4) is 0 Å². The van der Waals surface area contributed by atoms with E-state index in [1.165, 1.54) is 31.4 Å². The fourth-order valence-corrected chi connectivity index (χ4v) is 3.13. The van der Waals surface area contributed by atoms with E-state index in [4.69, 9.17) is 0 Å². The summed E-state index contributed by atoms with van der Waals surface area (Å²) in [5, 5.41) is 0. The number of aromatic nitrogens is 1. The lowest BCUT2D eigenvalue weighted by molar-refractivity contribution is 0.112. The van der Waals surface area contributed by atoms with Crippen molar-refractivity contribution in [2.45, 2.75) is 53.0 Å². The molecule has 0 radical (unpaired) electrons. The second kappa shape index (κ2) is 5.07. The molecule has 0 spiro atoms. The fraction of sp³-hybridized carbons (Fsp3) is 0.667. The molecule has 2 nitrogen and oxygen atoms in total. The quantitative estimate of drug-likeness (QED) is 0.729. The minimum atomic E-state index is 0.785. The lowest BCUT2D eigenvalue weighted by atomic mass is 9.80. The van der Waals surface area contributed by atoms with E-state index in [1.807, 2.05) is 6.07 Å². The lowest BCUT2D eigenvalue weighted by Gasteiger charge is -2.30. The summed E-state index contributed by atoms with van der Waals surface area (Å²) in [5.74, 6) is 1.61. The van der Waals surface area contributed by atoms with Gasteiger partial charge in [0.1, 0.15) is 0 Å². The molecule has 2 rings (SSSR count). The van der Waals surface area contributed by atoms with Crippen LogP contribution < -0.4 is 0 Å². The smallest absolute Gasteiger partial charge is 0.151 e. The van der Waals surface area contributed by atoms with Crippen molar-refractivity contribution in [3.63, 3.8) is 0 Å². The molecule has 0 aliphatic heterocycles. The monoisotopic (exact) mass is 233 g/mol. The SMILES string of the molecule is Cc1cc(C=O)c(C)n1CC1CCCCC1C. The third-order valence-electron chi connectivity index (χ3n) is 4.45. The normalized spacial score (nSPS) is 24.9. The van der Waals surface area contributed by atoms with Crippen molar-refractivity contribution >= 4 is 6.29 Å². The van der Waals surface area contributed by atoms with Gasteiger partial charge in [-0.05, 0) is 38.2 Å². The first-order valence-corrected chi connectivity index (χ1v) is 6.75. The van der Waals surface area contributed by atoms with Crippen molar-refractivity contribution in [3.05, 3.63) is 23.0 Å². The number of aryl methyl sites for hydroxylation is 1. The van der Waals surface area contributed by atoms with Crippen LogP contribution in [0.5, 0.6) is 0 Å². The average Bonchev–Trinajstić information content (AvgIpc) is 2.59. The van der Waals surface area contributed by atoms with E-state index >= 15 is 0 Å². The maximum atomic E-state index is 10.9. The molecule has 1 aliphatic rings. The summed E-state index contributed by atoms with van der Waals surface area (Å²) in [6, 6.07) is 2.01. The van der Waals surface area contributed by atoms with Gasteiger partial charge in [0.05, 0.1) is 0 Å². The molecule has 2 atom stereocenters. The number of rotatable bonds is 3. The fourth-order valence-electron chi connectivity index (χ4n) is 3.13. The molecule has 0 N–H and O–H groups in total. The van der Waals surface area contributed by atoms with Crippen molar-refractivity contribution in [2.75, 3.05) is 0 Å². The summed E-state index contributed by atoms with van der Waals surface area (Å²) in [7, 11) is 0. The van der Waals surface area contributed by atoms with Gasteiger partial charge >= 0.3 is 0 Å². The Morgan fingerprint density at radius 1 is 1.35 bits per heavy atom. The number of carbonyl (C=O) groups is 1. The lowest BCUT2D eigenvalue weighted by Crippen LogP contribution is -2.23. The standard InChI is InChI=1S/C15H23NO/c1-11-6-4-5-7-14(11)9-16-12(2)8-15(10-17)13(16)3/h8,10-11,14H,4-7,9H2,1-3H3. The zero-order valence-electron chi connectivity index (χ0n) is 11.2. The van der Waals surface area contributed by atoms with E-state index in [9.17, 15) is 4.79 Å². The van der Waals surface area contributed by atoms with E-state index in [0.29, 0.717) is 0 Å². The molecular weight excluding hydrogens is 210 g/mol. The zero-order valence-corrected chi connectivity index (χ0v) is 11.2. The summed E-state index contributed by atoms with van der Waals surface area (Å²) in [6.07, 6.45) is 6.44. The minimum Gasteiger partial charge on any atom is -0.348 e. The topological polar surface area (TPSA) is 22.0 Å². The van der Waals surface area contributed by atoms with Crippen molar-refractivity contribution in [2.24, 2.45) is 11.8 Å². The highest BCUT2D eigenvalue weighted by atomic mass is 16.1. The van der Waals surface area contributed by atoms with Gasteiger partial charge in [-0.2, -0.15) is 0 Å². The third kappa shape index (κ3) is 2.46. The summed E-state index contributed by atoms with van der Waals surface area (Å²) in [6.45, 7) is 7.63. The van der Waals surface area contributed by atoms with Crippen LogP contribution in [-0.2, 0) is 6.54 Å². The van der Waals surface area contributed by atoms with Gasteiger partial charge in [0, 0.05) is 23.5 Å². The van der Waals surface area contributed by atoms with Gasteiger partial charge in [-0.25, -0.2) is 0 Å². The molecule has 0 saturated heterocycles. The Morgan fingerprint density at radius 3 is 2.65 bits per heavy atom. The molecule has 0 bridgehead atoms. The van der Waals surface area contributed by atoms with Gasteiger partial charge in [-0.1, -0.05) is 26.2 Å². The predicted octanol–water partition coefficient (Wildman–Crippen LogP) is 3.74. The van der Waals surface area contributed by atoms with Crippen LogP contribution in [0.2, 0.25) is 0 Å². The third-order valence-corrected chi connectivity index (χ3v) is 4.45. The van der Waals surface area contributed by atoms with Crippen LogP contribution >= 0.6 is 0 Å². The van der Waals surface area contributed by atoms with E-state index in [0.717, 1.165) is 35.9 Å². The van der Waals surface area contributed by atoms with Gasteiger partial charge in [0.2, 0.25) is 0 Å². The first-order valence-electron chi connectivity index (χ1n) is 6.75. The van der Waals surface area contributed by atoms with Gasteiger partial charge in [0.25, 0.3) is 0 Å². The first-order chi connectivity index (χ1) is 8.13. The highest BCUT2D eigenvalue weighted by molar-refractivity contribution is 5.77. The number of aldehydes is 1. The Kier molecular flexibility index (Phi) is 3.70. The molecule has 17 heavy (non-hydrogen) atoms. The van der Waals surface area contributed by atoms with Crippen LogP contribution in [0.25, 0.3) is 0 Å². The highest BCUT2D eigenvalue weighted by Crippen LogP contribution is 2.31. The molecule has 0 aromatic carbocycles. The Balaban J connectivity index is 2.17. The molecule has 2 heteroatoms. The second-order valence-electron chi connectivity index (χ2n) is 5.58. The molecule has 1 heterocycles. The largest absolute Gasteiger partial charge is 0.348 e. The van der Waals surface area contributed by atoms with Gasteiger partial charge in [0.15, 0.2) is 6.29 Å². The predicted molar refractivity (Wildman–Crippen MR) is 70.4 cm³/mol. The number of hydrogen-bond donors (Lipinski definition) is 0. The van der Waals surface area contributed by atoms with Crippen molar-refractivity contribution in [3.8, 4) is 0 Å². The Hall–Kier alpha value is -1.05. The summed E-state index contributed by atoms with van der Waals surface area (Å²) in [5.41, 5.74) is 3.21. The number of carbonyl (C=O) groups excluding carboxylic acids is 1. The maximum Gasteiger partial charge on any atom is 0.151 e. The van der Waals surface area contributed by atoms with Crippen LogP contribution in [0.15, 0.2) is 6.07 Å². The van der Waals surface area contributed by atoms with E-state index in [1.54, 1.807) is 0 Å². The van der Waals surface area contributed by atoms with Crippen LogP contribution in [0.1, 0.15) is 54.4 Å². The molecule has 1 aromatic rings. The summed E-state index contributed by atoms with van der Waals surface area (Å²) >= 11 is 0. The zero-order chi connectivity index (χ0) is 12.4. The molecule has 2 unspecified atom stereocenters. The van der Waals surface area contributed by atoms with Crippen LogP contribution in [-0.4, -0.2) is 10.9 Å². The minimum absolute atomic E-state index is 0.785. The highest BCUT2D eigenvalue weighted by Gasteiger charge is 2.22. The molecule has 1 aromatic heterocycles. The number of hydrogen-bond acceptors (Lipinski definition) is 1. The van der Waals surface area contributed by atoms with Crippen LogP contribution in [0, 0.1) is 25.7 Å². The first kappa shape index (κ1) is 12.4. The van der Waals surface area contributed by atoms with Crippen molar-refractivity contribution in [1.82, 2.24) is 4.57 Å². The van der Waals surface area contributed by atoms with E-state index in [2.05, 4.69) is 25.3 Å². The molecule has 1 aliphatic carbocycles. The maximum absolute atomic E-state index is 10.9. The summed E-state index contributed by atoms with van der Waals surface area (Å²) < 4.78 is 2.33. The van der Waals surface area contributed by atoms with Gasteiger partial charge < -0.3 is 4.57 Å². The average molecular weight is 233 g/mol. The summed E-state index contributed by atoms with van der Waals surface area (Å²) in [4.78, 5) is 10.9. The Bertz CT molecular complexity index is 405. The molecular formula is C15H23NO. The van der Waals surface area contributed by atoms with Crippen LogP contribution in [0.4, 0.5) is 0 Å². The molecule has 1 fully saturated rings. The molecule has 1 saturated carbocycles. The second-order valence-corrected chi connectivity index (χ2v) is 5.58. The Morgan fingerprint density at radius 2 is 2.06 bits per heavy atom. The van der Waals surface area contributed by atoms with E-state index in [-0.39, 0.29) is 0 Å².